The quantitative estimate of drug-likeness (QED) is 0.714. The lowest BCUT2D eigenvalue weighted by Crippen LogP contribution is -2.38. The molecule has 0 saturated carbocycles. The van der Waals surface area contributed by atoms with E-state index >= 15 is 0 Å². The second-order valence-electron chi connectivity index (χ2n) is 5.71. The van der Waals surface area contributed by atoms with Crippen LogP contribution in [0.2, 0.25) is 0 Å². The van der Waals surface area contributed by atoms with Gasteiger partial charge in [0.05, 0.1) is 12.6 Å². The Labute approximate surface area is 151 Å². The molecule has 1 aromatic heterocycles. The van der Waals surface area contributed by atoms with Gasteiger partial charge in [-0.25, -0.2) is 0 Å². The normalized spacial score (nSPS) is 10.5. The molecule has 134 valence electrons. The summed E-state index contributed by atoms with van der Waals surface area (Å²) in [5, 5.41) is 10.5. The number of hydrogen-bond donors (Lipinski definition) is 2. The van der Waals surface area contributed by atoms with Crippen LogP contribution in [0.4, 0.5) is 5.69 Å². The number of ether oxygens (including phenoxy) is 1. The molecule has 7 nitrogen and oxygen atoms in total. The number of anilines is 1. The summed E-state index contributed by atoms with van der Waals surface area (Å²) in [4.78, 5) is 26.5. The molecular formula is C19H20N4O3. The summed E-state index contributed by atoms with van der Waals surface area (Å²) >= 11 is 0. The fourth-order valence-corrected chi connectivity index (χ4v) is 2.65. The molecule has 2 aromatic carbocycles. The Morgan fingerprint density at radius 2 is 1.88 bits per heavy atom. The topological polar surface area (TPSA) is 87.3 Å². The van der Waals surface area contributed by atoms with E-state index in [1.807, 2.05) is 31.2 Å². The Hall–Kier alpha value is -3.35. The van der Waals surface area contributed by atoms with E-state index in [9.17, 15) is 9.59 Å². The highest BCUT2D eigenvalue weighted by Crippen LogP contribution is 2.17. The van der Waals surface area contributed by atoms with Crippen LogP contribution in [0.3, 0.4) is 0 Å². The van der Waals surface area contributed by atoms with Gasteiger partial charge in [0.15, 0.2) is 5.69 Å². The third kappa shape index (κ3) is 3.66. The summed E-state index contributed by atoms with van der Waals surface area (Å²) in [5.41, 5.74) is 1.75. The highest BCUT2D eigenvalue weighted by atomic mass is 16.5. The largest absolute Gasteiger partial charge is 0.497 e. The van der Waals surface area contributed by atoms with Gasteiger partial charge in [0.1, 0.15) is 12.3 Å². The number of rotatable bonds is 6. The number of nitrogens with zero attached hydrogens (tertiary/aromatic N) is 2. The molecule has 0 saturated heterocycles. The first-order valence-corrected chi connectivity index (χ1v) is 8.28. The van der Waals surface area contributed by atoms with Gasteiger partial charge in [-0.1, -0.05) is 18.2 Å². The first kappa shape index (κ1) is 17.5. The van der Waals surface area contributed by atoms with Gasteiger partial charge in [0.2, 0.25) is 5.91 Å². The Morgan fingerprint density at radius 1 is 1.15 bits per heavy atom. The van der Waals surface area contributed by atoms with Gasteiger partial charge < -0.3 is 15.0 Å². The van der Waals surface area contributed by atoms with Gasteiger partial charge in [0.25, 0.3) is 5.91 Å². The van der Waals surface area contributed by atoms with Crippen molar-refractivity contribution in [3.8, 4) is 5.75 Å². The summed E-state index contributed by atoms with van der Waals surface area (Å²) in [7, 11) is 1.58. The van der Waals surface area contributed by atoms with E-state index in [1.54, 1.807) is 31.4 Å². The fourth-order valence-electron chi connectivity index (χ4n) is 2.65. The molecule has 1 heterocycles. The molecule has 0 aliphatic carbocycles. The second-order valence-corrected chi connectivity index (χ2v) is 5.71. The van der Waals surface area contributed by atoms with Crippen LogP contribution in [0.1, 0.15) is 17.4 Å². The Morgan fingerprint density at radius 3 is 2.58 bits per heavy atom. The highest BCUT2D eigenvalue weighted by molar-refractivity contribution is 6.06. The van der Waals surface area contributed by atoms with Gasteiger partial charge in [0, 0.05) is 17.6 Å². The minimum atomic E-state index is -0.283. The molecule has 3 rings (SSSR count). The molecule has 0 atom stereocenters. The van der Waals surface area contributed by atoms with Crippen LogP contribution >= 0.6 is 0 Å². The lowest BCUT2D eigenvalue weighted by Gasteiger charge is -2.19. The molecule has 0 fully saturated rings. The fraction of sp³-hybridized carbons (Fsp3) is 0.211. The van der Waals surface area contributed by atoms with Crippen LogP contribution in [0.25, 0.3) is 10.9 Å². The van der Waals surface area contributed by atoms with Crippen molar-refractivity contribution in [3.63, 3.8) is 0 Å². The average Bonchev–Trinajstić information content (AvgIpc) is 3.10. The summed E-state index contributed by atoms with van der Waals surface area (Å²) < 4.78 is 5.09. The van der Waals surface area contributed by atoms with Crippen molar-refractivity contribution in [2.24, 2.45) is 0 Å². The van der Waals surface area contributed by atoms with Crippen molar-refractivity contribution in [2.75, 3.05) is 25.5 Å². The standard InChI is InChI=1S/C19H20N4O3/c1-3-23(12-17(24)20-13-8-10-14(26-2)11-9-13)19(25)18-15-6-4-5-7-16(15)21-22-18/h4-11H,3,12H2,1-2H3,(H,20,24)(H,21,22). The lowest BCUT2D eigenvalue weighted by atomic mass is 10.2. The highest BCUT2D eigenvalue weighted by Gasteiger charge is 2.21. The number of aromatic nitrogens is 2. The summed E-state index contributed by atoms with van der Waals surface area (Å²) in [6.45, 7) is 2.17. The molecule has 7 heteroatoms. The summed E-state index contributed by atoms with van der Waals surface area (Å²) in [6.07, 6.45) is 0. The van der Waals surface area contributed by atoms with Crippen LogP contribution in [0.15, 0.2) is 48.5 Å². The van der Waals surface area contributed by atoms with E-state index in [1.165, 1.54) is 4.90 Å². The molecule has 0 bridgehead atoms. The predicted octanol–water partition coefficient (Wildman–Crippen LogP) is 2.67. The number of aromatic amines is 1. The number of hydrogen-bond acceptors (Lipinski definition) is 4. The van der Waals surface area contributed by atoms with Gasteiger partial charge in [-0.05, 0) is 37.3 Å². The number of methoxy groups -OCH3 is 1. The zero-order chi connectivity index (χ0) is 18.5. The van der Waals surface area contributed by atoms with Crippen molar-refractivity contribution >= 4 is 28.4 Å². The van der Waals surface area contributed by atoms with Crippen LogP contribution < -0.4 is 10.1 Å². The molecule has 0 radical (unpaired) electrons. The van der Waals surface area contributed by atoms with Gasteiger partial charge in [-0.3, -0.25) is 14.7 Å². The molecule has 0 spiro atoms. The van der Waals surface area contributed by atoms with Crippen molar-refractivity contribution < 1.29 is 14.3 Å². The second kappa shape index (κ2) is 7.69. The smallest absolute Gasteiger partial charge is 0.275 e. The van der Waals surface area contributed by atoms with Crippen LogP contribution in [0, 0.1) is 0 Å². The molecule has 26 heavy (non-hydrogen) atoms. The molecule has 2 amide bonds. The van der Waals surface area contributed by atoms with Crippen LogP contribution in [0.5, 0.6) is 5.75 Å². The SMILES string of the molecule is CCN(CC(=O)Nc1ccc(OC)cc1)C(=O)c1n[nH]c2ccccc12. The Kier molecular flexibility index (Phi) is 5.17. The van der Waals surface area contributed by atoms with Gasteiger partial charge in [-0.2, -0.15) is 5.10 Å². The zero-order valence-corrected chi connectivity index (χ0v) is 14.7. The van der Waals surface area contributed by atoms with Crippen LogP contribution in [-0.2, 0) is 4.79 Å². The lowest BCUT2D eigenvalue weighted by molar-refractivity contribution is -0.116. The molecule has 0 aliphatic rings. The molecule has 3 aromatic rings. The number of likely N-dealkylation sites (N-methyl/N-ethyl adjacent to an activating group) is 1. The number of carbonyl (C=O) groups excluding carboxylic acids is 2. The number of benzene rings is 2. The summed E-state index contributed by atoms with van der Waals surface area (Å²) in [5.74, 6) is 0.152. The van der Waals surface area contributed by atoms with Gasteiger partial charge in [-0.15, -0.1) is 0 Å². The van der Waals surface area contributed by atoms with Gasteiger partial charge >= 0.3 is 0 Å². The van der Waals surface area contributed by atoms with Crippen molar-refractivity contribution in [2.45, 2.75) is 6.92 Å². The average molecular weight is 352 g/mol. The maximum absolute atomic E-state index is 12.8. The predicted molar refractivity (Wildman–Crippen MR) is 99.3 cm³/mol. The third-order valence-electron chi connectivity index (χ3n) is 4.05. The first-order chi connectivity index (χ1) is 12.6. The maximum atomic E-state index is 12.8. The number of amides is 2. The van der Waals surface area contributed by atoms with Crippen molar-refractivity contribution in [1.29, 1.82) is 0 Å². The van der Waals surface area contributed by atoms with Crippen molar-refractivity contribution in [3.05, 3.63) is 54.2 Å². The molecular weight excluding hydrogens is 332 g/mol. The Balaban J connectivity index is 1.69. The van der Waals surface area contributed by atoms with Crippen LogP contribution in [-0.4, -0.2) is 47.1 Å². The zero-order valence-electron chi connectivity index (χ0n) is 14.7. The number of H-pyrrole nitrogens is 1. The minimum absolute atomic E-state index is 0.0530. The number of carbonyl (C=O) groups is 2. The molecule has 0 unspecified atom stereocenters. The van der Waals surface area contributed by atoms with E-state index in [-0.39, 0.29) is 18.4 Å². The van der Waals surface area contributed by atoms with Crippen molar-refractivity contribution in [1.82, 2.24) is 15.1 Å². The monoisotopic (exact) mass is 352 g/mol. The molecule has 2 N–H and O–H groups in total. The van der Waals surface area contributed by atoms with E-state index < -0.39 is 0 Å². The Bertz CT molecular complexity index is 918. The number of fused-ring (bicyclic) bond motifs is 1. The first-order valence-electron chi connectivity index (χ1n) is 8.28. The number of nitrogens with one attached hydrogen (secondary N) is 2. The van der Waals surface area contributed by atoms with E-state index in [0.717, 1.165) is 10.9 Å². The summed E-state index contributed by atoms with van der Waals surface area (Å²) in [6, 6.07) is 14.4. The molecule has 0 aliphatic heterocycles. The maximum Gasteiger partial charge on any atom is 0.275 e. The van der Waals surface area contributed by atoms with E-state index in [0.29, 0.717) is 23.7 Å². The third-order valence-corrected chi connectivity index (χ3v) is 4.05. The van der Waals surface area contributed by atoms with E-state index in [4.69, 9.17) is 4.74 Å². The van der Waals surface area contributed by atoms with E-state index in [2.05, 4.69) is 15.5 Å². The minimum Gasteiger partial charge on any atom is -0.497 e. The number of para-hydroxylation sites is 1.